The Morgan fingerprint density at radius 2 is 1.12 bits per heavy atom. The highest BCUT2D eigenvalue weighted by Gasteiger charge is 2.65. The summed E-state index contributed by atoms with van der Waals surface area (Å²) in [5, 5.41) is 30.5. The number of aryl methyl sites for hydroxylation is 1. The van der Waals surface area contributed by atoms with Gasteiger partial charge in [0, 0.05) is 10.8 Å². The Hall–Kier alpha value is -1.10. The molecule has 0 amide bonds. The molecule has 0 atom stereocenters. The summed E-state index contributed by atoms with van der Waals surface area (Å²) in [7, 11) is 0. The SMILES string of the molecule is Cc1ccc(OC(C(C)(C)C)(C(C)(C)C)C(CO)(CO)CO)cc1. The van der Waals surface area contributed by atoms with Gasteiger partial charge in [0.05, 0.1) is 25.2 Å². The van der Waals surface area contributed by atoms with Gasteiger partial charge in [-0.2, -0.15) is 0 Å². The van der Waals surface area contributed by atoms with E-state index in [0.717, 1.165) is 5.56 Å². The first-order valence-corrected chi connectivity index (χ1v) is 8.49. The summed E-state index contributed by atoms with van der Waals surface area (Å²) in [4.78, 5) is 0. The molecule has 0 aliphatic heterocycles. The molecule has 1 aromatic carbocycles. The smallest absolute Gasteiger partial charge is 0.131 e. The summed E-state index contributed by atoms with van der Waals surface area (Å²) in [5.41, 5.74) is -2.03. The lowest BCUT2D eigenvalue weighted by Gasteiger charge is -2.61. The summed E-state index contributed by atoms with van der Waals surface area (Å²) < 4.78 is 6.54. The second-order valence-electron chi connectivity index (χ2n) is 8.85. The molecule has 3 N–H and O–H groups in total. The average molecular weight is 338 g/mol. The van der Waals surface area contributed by atoms with Gasteiger partial charge in [0.1, 0.15) is 11.4 Å². The second kappa shape index (κ2) is 7.03. The van der Waals surface area contributed by atoms with E-state index in [1.165, 1.54) is 0 Å². The Kier molecular flexibility index (Phi) is 6.13. The Bertz CT molecular complexity index is 494. The molecule has 1 aromatic rings. The van der Waals surface area contributed by atoms with Crippen LogP contribution < -0.4 is 4.74 Å². The number of hydrogen-bond donors (Lipinski definition) is 3. The van der Waals surface area contributed by atoms with Gasteiger partial charge in [0.2, 0.25) is 0 Å². The van der Waals surface area contributed by atoms with Gasteiger partial charge in [-0.25, -0.2) is 0 Å². The van der Waals surface area contributed by atoms with E-state index in [0.29, 0.717) is 5.75 Å². The Balaban J connectivity index is 3.68. The van der Waals surface area contributed by atoms with Crippen LogP contribution in [0.4, 0.5) is 0 Å². The first kappa shape index (κ1) is 20.9. The number of ether oxygens (including phenoxy) is 1. The number of rotatable bonds is 6. The van der Waals surface area contributed by atoms with E-state index < -0.39 is 21.8 Å². The van der Waals surface area contributed by atoms with E-state index in [-0.39, 0.29) is 19.8 Å². The molecule has 0 unspecified atom stereocenters. The highest BCUT2D eigenvalue weighted by Crippen LogP contribution is 2.56. The molecule has 0 saturated carbocycles. The number of hydrogen-bond acceptors (Lipinski definition) is 4. The van der Waals surface area contributed by atoms with Gasteiger partial charge in [-0.3, -0.25) is 0 Å². The number of aliphatic hydroxyl groups is 3. The molecular weight excluding hydrogens is 304 g/mol. The van der Waals surface area contributed by atoms with Crippen molar-refractivity contribution in [2.75, 3.05) is 19.8 Å². The van der Waals surface area contributed by atoms with Crippen LogP contribution in [0.3, 0.4) is 0 Å². The molecule has 1 rings (SSSR count). The first-order chi connectivity index (χ1) is 10.9. The van der Waals surface area contributed by atoms with Crippen LogP contribution in [0.25, 0.3) is 0 Å². The number of benzene rings is 1. The molecule has 0 aliphatic carbocycles. The maximum absolute atomic E-state index is 10.2. The molecule has 0 fully saturated rings. The molecule has 0 spiro atoms. The highest BCUT2D eigenvalue weighted by molar-refractivity contribution is 5.29. The van der Waals surface area contributed by atoms with Crippen molar-refractivity contribution >= 4 is 0 Å². The van der Waals surface area contributed by atoms with Crippen LogP contribution in [-0.4, -0.2) is 40.7 Å². The van der Waals surface area contributed by atoms with Gasteiger partial charge in [-0.1, -0.05) is 59.2 Å². The predicted molar refractivity (Wildman–Crippen MR) is 97.1 cm³/mol. The van der Waals surface area contributed by atoms with Crippen LogP contribution >= 0.6 is 0 Å². The van der Waals surface area contributed by atoms with Crippen molar-refractivity contribution in [2.24, 2.45) is 16.2 Å². The molecular formula is C20H34O4. The van der Waals surface area contributed by atoms with Gasteiger partial charge in [0.15, 0.2) is 0 Å². The fourth-order valence-electron chi connectivity index (χ4n) is 4.40. The molecule has 4 heteroatoms. The lowest BCUT2D eigenvalue weighted by molar-refractivity contribution is -0.236. The van der Waals surface area contributed by atoms with Gasteiger partial charge < -0.3 is 20.1 Å². The van der Waals surface area contributed by atoms with E-state index >= 15 is 0 Å². The Labute approximate surface area is 146 Å². The standard InChI is InChI=1S/C20H34O4/c1-15-8-10-16(11-9-15)24-20(17(2,3)4,18(5,6)7)19(12-21,13-22)14-23/h8-11,21-23H,12-14H2,1-7H3. The van der Waals surface area contributed by atoms with Crippen molar-refractivity contribution in [3.63, 3.8) is 0 Å². The van der Waals surface area contributed by atoms with Crippen molar-refractivity contribution < 1.29 is 20.1 Å². The molecule has 4 nitrogen and oxygen atoms in total. The topological polar surface area (TPSA) is 69.9 Å². The summed E-state index contributed by atoms with van der Waals surface area (Å²) in [6, 6.07) is 7.70. The summed E-state index contributed by atoms with van der Waals surface area (Å²) >= 11 is 0. The fourth-order valence-corrected chi connectivity index (χ4v) is 4.40. The minimum atomic E-state index is -1.20. The monoisotopic (exact) mass is 338 g/mol. The van der Waals surface area contributed by atoms with Gasteiger partial charge in [0.25, 0.3) is 0 Å². The molecule has 0 radical (unpaired) electrons. The summed E-state index contributed by atoms with van der Waals surface area (Å²) in [5.74, 6) is 0.658. The van der Waals surface area contributed by atoms with Crippen molar-refractivity contribution in [3.8, 4) is 5.75 Å². The zero-order chi connectivity index (χ0) is 18.8. The quantitative estimate of drug-likeness (QED) is 0.745. The van der Waals surface area contributed by atoms with Crippen LogP contribution in [0.2, 0.25) is 0 Å². The Morgan fingerprint density at radius 3 is 1.42 bits per heavy atom. The van der Waals surface area contributed by atoms with Crippen LogP contribution in [0.1, 0.15) is 47.1 Å². The second-order valence-corrected chi connectivity index (χ2v) is 8.85. The molecule has 0 heterocycles. The van der Waals surface area contributed by atoms with Gasteiger partial charge in [-0.05, 0) is 19.1 Å². The molecule has 0 aromatic heterocycles. The van der Waals surface area contributed by atoms with Gasteiger partial charge >= 0.3 is 0 Å². The average Bonchev–Trinajstić information content (AvgIpc) is 2.47. The molecule has 0 bridgehead atoms. The maximum Gasteiger partial charge on any atom is 0.131 e. The predicted octanol–water partition coefficient (Wildman–Crippen LogP) is 3.17. The maximum atomic E-state index is 10.2. The lowest BCUT2D eigenvalue weighted by atomic mass is 9.51. The van der Waals surface area contributed by atoms with Crippen molar-refractivity contribution in [1.82, 2.24) is 0 Å². The molecule has 24 heavy (non-hydrogen) atoms. The van der Waals surface area contributed by atoms with E-state index in [2.05, 4.69) is 0 Å². The Morgan fingerprint density at radius 1 is 0.750 bits per heavy atom. The normalized spacial score (nSPS) is 13.9. The highest BCUT2D eigenvalue weighted by atomic mass is 16.5. The van der Waals surface area contributed by atoms with Crippen LogP contribution in [0.15, 0.2) is 24.3 Å². The molecule has 138 valence electrons. The summed E-state index contributed by atoms with van der Waals surface area (Å²) in [6.45, 7) is 13.0. The van der Waals surface area contributed by atoms with Crippen LogP contribution in [0.5, 0.6) is 5.75 Å². The lowest BCUT2D eigenvalue weighted by Crippen LogP contribution is -2.71. The van der Waals surface area contributed by atoms with Crippen LogP contribution in [0, 0.1) is 23.2 Å². The minimum absolute atomic E-state index is 0.375. The van der Waals surface area contributed by atoms with E-state index in [9.17, 15) is 15.3 Å². The zero-order valence-electron chi connectivity index (χ0n) is 16.2. The van der Waals surface area contributed by atoms with Crippen molar-refractivity contribution in [1.29, 1.82) is 0 Å². The van der Waals surface area contributed by atoms with Crippen molar-refractivity contribution in [2.45, 2.75) is 54.1 Å². The van der Waals surface area contributed by atoms with Crippen molar-refractivity contribution in [3.05, 3.63) is 29.8 Å². The third-order valence-electron chi connectivity index (χ3n) is 5.06. The van der Waals surface area contributed by atoms with E-state index in [1.54, 1.807) is 0 Å². The largest absolute Gasteiger partial charge is 0.485 e. The van der Waals surface area contributed by atoms with Gasteiger partial charge in [-0.15, -0.1) is 0 Å². The third-order valence-corrected chi connectivity index (χ3v) is 5.06. The first-order valence-electron chi connectivity index (χ1n) is 8.49. The fraction of sp³-hybridized carbons (Fsp3) is 0.700. The minimum Gasteiger partial charge on any atom is -0.485 e. The molecule has 0 aliphatic rings. The van der Waals surface area contributed by atoms with Crippen LogP contribution in [-0.2, 0) is 0 Å². The summed E-state index contributed by atoms with van der Waals surface area (Å²) in [6.07, 6.45) is 0. The van der Waals surface area contributed by atoms with E-state index in [4.69, 9.17) is 4.74 Å². The molecule has 0 saturated heterocycles. The van der Waals surface area contributed by atoms with E-state index in [1.807, 2.05) is 72.7 Å². The third kappa shape index (κ3) is 3.32. The zero-order valence-corrected chi connectivity index (χ0v) is 16.2. The number of aliphatic hydroxyl groups excluding tert-OH is 3.